The van der Waals surface area contributed by atoms with Gasteiger partial charge in [-0.05, 0) is 17.7 Å². The van der Waals surface area contributed by atoms with Crippen LogP contribution in [0.4, 0.5) is 9.59 Å². The number of hydrogen-bond donors (Lipinski definition) is 1. The van der Waals surface area contributed by atoms with Crippen LogP contribution in [0.3, 0.4) is 0 Å². The fourth-order valence-electron chi connectivity index (χ4n) is 6.48. The first kappa shape index (κ1) is 57.9. The van der Waals surface area contributed by atoms with Gasteiger partial charge < -0.3 is 24.3 Å². The summed E-state index contributed by atoms with van der Waals surface area (Å²) < 4.78 is 26.3. The van der Waals surface area contributed by atoms with Crippen LogP contribution in [0.2, 0.25) is 0 Å². The zero-order valence-electron chi connectivity index (χ0n) is 39.1. The average molecular weight is 1110 g/mol. The van der Waals surface area contributed by atoms with Gasteiger partial charge in [-0.1, -0.05) is 27.8 Å². The van der Waals surface area contributed by atoms with E-state index in [-0.39, 0.29) is 83.2 Å². The Balaban J connectivity index is 0.000000549. The second kappa shape index (κ2) is 32.3. The van der Waals surface area contributed by atoms with E-state index in [9.17, 15) is 14.4 Å². The molecule has 0 fully saturated rings. The van der Waals surface area contributed by atoms with Gasteiger partial charge >= 0.3 is 69.4 Å². The molecule has 0 aliphatic carbocycles. The first-order valence-corrected chi connectivity index (χ1v) is 22.2. The second-order valence-electron chi connectivity index (χ2n) is 15.4. The van der Waals surface area contributed by atoms with Gasteiger partial charge in [-0.2, -0.15) is 103 Å². The summed E-state index contributed by atoms with van der Waals surface area (Å²) in [5, 5.41) is 27.0. The smallest absolute Gasteiger partial charge is 0.457 e. The fourth-order valence-corrected chi connectivity index (χ4v) is 6.48. The molecule has 10 aromatic rings. The molecule has 0 unspecified atom stereocenters. The number of benzene rings is 1. The Morgan fingerprint density at radius 3 is 1.42 bits per heavy atom. The van der Waals surface area contributed by atoms with Crippen molar-refractivity contribution < 1.29 is 84.5 Å². The molecule has 0 spiro atoms. The molecule has 0 bridgehead atoms. The molecular formula is C53H50Fe3N10O7. The number of alkyl carbamates (subject to hydrolysis) is 1. The third-order valence-electron chi connectivity index (χ3n) is 9.85. The van der Waals surface area contributed by atoms with Crippen molar-refractivity contribution in [3.8, 4) is 5.75 Å². The number of nitrogens with zero attached hydrogens (tertiary/aromatic N) is 9. The Hall–Kier alpha value is -7.69. The molecule has 1 N–H and O–H groups in total. The van der Waals surface area contributed by atoms with E-state index >= 15 is 0 Å². The van der Waals surface area contributed by atoms with Crippen molar-refractivity contribution in [3.63, 3.8) is 0 Å². The SMILES string of the molecule is O=C(N[C@@H](Cc1ccc(OC(=O)OCc2cn(Cc3ccc[cH-]3)nn2)cc1)C(=O)OCc1cn(Cc2cc[cH-]c2)nn1)OCc1cn(Cc2ccc[cH-]2)nn1.[Fe+2].[Fe+2].[Fe+2].c1cc[cH-]c1.c1cc[cH-]c1.c1cc[cH-]c1. The molecule has 0 saturated heterocycles. The molecule has 1 atom stereocenters. The van der Waals surface area contributed by atoms with E-state index in [1.807, 2.05) is 164 Å². The number of hydrogen-bond acceptors (Lipinski definition) is 13. The fraction of sp³-hybridized carbons (Fsp3) is 0.151. The van der Waals surface area contributed by atoms with Crippen LogP contribution in [-0.4, -0.2) is 69.2 Å². The van der Waals surface area contributed by atoms with Gasteiger partial charge in [0, 0.05) is 26.1 Å². The molecule has 10 rings (SSSR count). The van der Waals surface area contributed by atoms with E-state index in [1.54, 1.807) is 44.8 Å². The van der Waals surface area contributed by atoms with Crippen molar-refractivity contribution in [1.29, 1.82) is 0 Å². The van der Waals surface area contributed by atoms with Crippen LogP contribution in [0, 0.1) is 0 Å². The van der Waals surface area contributed by atoms with Crippen molar-refractivity contribution >= 4 is 18.2 Å². The van der Waals surface area contributed by atoms with Crippen LogP contribution in [0.5, 0.6) is 5.75 Å². The van der Waals surface area contributed by atoms with Crippen molar-refractivity contribution in [1.82, 2.24) is 50.3 Å². The zero-order valence-corrected chi connectivity index (χ0v) is 42.4. The molecule has 3 aromatic heterocycles. The van der Waals surface area contributed by atoms with Crippen LogP contribution in [0.1, 0.15) is 39.3 Å². The Kier molecular flexibility index (Phi) is 25.6. The summed E-state index contributed by atoms with van der Waals surface area (Å²) in [6.45, 7) is 1.12. The summed E-state index contributed by atoms with van der Waals surface area (Å²) in [6, 6.07) is 58.7. The van der Waals surface area contributed by atoms with E-state index in [0.29, 0.717) is 42.3 Å². The predicted octanol–water partition coefficient (Wildman–Crippen LogP) is 8.27. The number of amides is 1. The molecule has 1 amide bonds. The van der Waals surface area contributed by atoms with Gasteiger partial charge in [0.1, 0.15) is 48.7 Å². The minimum atomic E-state index is -1.15. The molecule has 0 aliphatic heterocycles. The maximum atomic E-state index is 13.4. The molecule has 17 nitrogen and oxygen atoms in total. The Morgan fingerprint density at radius 1 is 0.507 bits per heavy atom. The van der Waals surface area contributed by atoms with Crippen molar-refractivity contribution in [2.75, 3.05) is 0 Å². The summed E-state index contributed by atoms with van der Waals surface area (Å²) in [6.07, 6.45) is 3.28. The summed E-state index contributed by atoms with van der Waals surface area (Å²) in [5.74, 6) is -0.518. The number of rotatable bonds is 17. The molecule has 0 saturated carbocycles. The molecular weight excluding hydrogens is 1060 g/mol. The first-order chi connectivity index (χ1) is 34.4. The molecule has 0 radical (unpaired) electrons. The number of ether oxygens (including phenoxy) is 4. The number of aromatic nitrogens is 9. The van der Waals surface area contributed by atoms with Gasteiger partial charge in [0.25, 0.3) is 0 Å². The monoisotopic (exact) mass is 1110 g/mol. The second-order valence-corrected chi connectivity index (χ2v) is 15.4. The van der Waals surface area contributed by atoms with Crippen LogP contribution in [-0.2, 0) is 116 Å². The van der Waals surface area contributed by atoms with Gasteiger partial charge in [-0.3, -0.25) is 4.68 Å². The summed E-state index contributed by atoms with van der Waals surface area (Å²) >= 11 is 0. The molecule has 20 heteroatoms. The minimum Gasteiger partial charge on any atom is -0.457 e. The van der Waals surface area contributed by atoms with E-state index in [0.717, 1.165) is 16.7 Å². The van der Waals surface area contributed by atoms with Crippen LogP contribution in [0.15, 0.2) is 207 Å². The van der Waals surface area contributed by atoms with Gasteiger partial charge in [0.05, 0.1) is 18.6 Å². The zero-order chi connectivity index (χ0) is 48.4. The van der Waals surface area contributed by atoms with E-state index in [1.165, 1.54) is 12.1 Å². The third kappa shape index (κ3) is 21.3. The largest absolute Gasteiger partial charge is 2.00 e. The predicted molar refractivity (Wildman–Crippen MR) is 257 cm³/mol. The summed E-state index contributed by atoms with van der Waals surface area (Å²) in [7, 11) is 0. The Morgan fingerprint density at radius 2 is 0.986 bits per heavy atom. The van der Waals surface area contributed by atoms with Crippen molar-refractivity contribution in [2.24, 2.45) is 0 Å². The Bertz CT molecular complexity index is 2800. The average Bonchev–Trinajstić information content (AvgIpc) is 4.21. The number of carbonyl (C=O) groups is 3. The number of carbonyl (C=O) groups excluding carboxylic acids is 3. The van der Waals surface area contributed by atoms with E-state index in [4.69, 9.17) is 18.9 Å². The quantitative estimate of drug-likeness (QED) is 0.0302. The normalized spacial score (nSPS) is 10.4. The van der Waals surface area contributed by atoms with Gasteiger partial charge in [0.15, 0.2) is 0 Å². The molecule has 7 aromatic carbocycles. The van der Waals surface area contributed by atoms with Gasteiger partial charge in [0.2, 0.25) is 0 Å². The first-order valence-electron chi connectivity index (χ1n) is 22.2. The van der Waals surface area contributed by atoms with Crippen LogP contribution >= 0.6 is 0 Å². The molecule has 378 valence electrons. The van der Waals surface area contributed by atoms with Gasteiger partial charge in [-0.15, -0.1) is 26.4 Å². The molecule has 0 aliphatic rings. The van der Waals surface area contributed by atoms with Gasteiger partial charge in [-0.25, -0.2) is 90.5 Å². The number of esters is 1. The molecule has 3 heterocycles. The van der Waals surface area contributed by atoms with Crippen LogP contribution < -0.4 is 10.1 Å². The maximum absolute atomic E-state index is 13.4. The Labute approximate surface area is 454 Å². The molecule has 73 heavy (non-hydrogen) atoms. The van der Waals surface area contributed by atoms with Crippen molar-refractivity contribution in [3.05, 3.63) is 246 Å². The van der Waals surface area contributed by atoms with E-state index in [2.05, 4.69) is 36.3 Å². The van der Waals surface area contributed by atoms with E-state index < -0.39 is 24.3 Å². The minimum absolute atomic E-state index is 0. The summed E-state index contributed by atoms with van der Waals surface area (Å²) in [5.41, 5.74) is 5.14. The van der Waals surface area contributed by atoms with Crippen LogP contribution in [0.25, 0.3) is 0 Å². The topological polar surface area (TPSA) is 192 Å². The standard InChI is InChI=1S/C38H35N10O7.3C5H5.3Fe/c49-36(52-24-31-21-46(43-40-31)18-28-7-1-2-8-28)35(39-37(50)53-25-32-22-47(44-41-32)19-29-9-3-4-10-29)17-27-13-15-34(16-14-27)55-38(51)54-26-33-23-48(45-42-33)20-30-11-5-6-12-30;3*1-2-4-5-3-1;;;/h1-16,21-23,35H,17-20,24-26H2,(H,39,50);3*1-5H;;;/q-3;3*-1;3*+2/t35-;;;;;;/m0....../s1. The number of nitrogens with one attached hydrogen (secondary N) is 1. The maximum Gasteiger partial charge on any atom is 2.00 e. The third-order valence-corrected chi connectivity index (χ3v) is 9.85. The van der Waals surface area contributed by atoms with Crippen molar-refractivity contribution in [2.45, 2.75) is 51.9 Å². The summed E-state index contributed by atoms with van der Waals surface area (Å²) in [4.78, 5) is 38.7.